The Morgan fingerprint density at radius 3 is 2.67 bits per heavy atom. The van der Waals surface area contributed by atoms with Gasteiger partial charge in [-0.3, -0.25) is 9.36 Å². The maximum absolute atomic E-state index is 12.7. The van der Waals surface area contributed by atoms with Gasteiger partial charge in [0.2, 0.25) is 17.7 Å². The molecule has 0 saturated carbocycles. The zero-order valence-electron chi connectivity index (χ0n) is 18.4. The molecule has 168 valence electrons. The van der Waals surface area contributed by atoms with Crippen LogP contribution in [0.1, 0.15) is 17.4 Å². The fourth-order valence-electron chi connectivity index (χ4n) is 3.90. The Hall–Kier alpha value is -3.92. The number of hydrogen-bond acceptors (Lipinski definition) is 9. The Bertz CT molecular complexity index is 1300. The third-order valence-electron chi connectivity index (χ3n) is 5.67. The van der Waals surface area contributed by atoms with Crippen LogP contribution in [0.3, 0.4) is 0 Å². The Kier molecular flexibility index (Phi) is 5.66. The number of ether oxygens (including phenoxy) is 1. The zero-order valence-corrected chi connectivity index (χ0v) is 18.4. The van der Waals surface area contributed by atoms with E-state index < -0.39 is 0 Å². The highest BCUT2D eigenvalue weighted by molar-refractivity contribution is 5.56. The molecule has 0 spiro atoms. The van der Waals surface area contributed by atoms with Crippen molar-refractivity contribution in [3.8, 4) is 22.8 Å². The average Bonchev–Trinajstić information content (AvgIpc) is 3.13. The number of hydrogen-bond donors (Lipinski definition) is 0. The van der Waals surface area contributed by atoms with Crippen molar-refractivity contribution in [2.45, 2.75) is 12.8 Å². The topological polar surface area (TPSA) is 112 Å². The van der Waals surface area contributed by atoms with Gasteiger partial charge in [0.15, 0.2) is 0 Å². The lowest BCUT2D eigenvalue weighted by Crippen LogP contribution is -2.35. The second kappa shape index (κ2) is 8.91. The van der Waals surface area contributed by atoms with Gasteiger partial charge >= 0.3 is 0 Å². The molecule has 0 N–H and O–H groups in total. The Morgan fingerprint density at radius 2 is 1.94 bits per heavy atom. The molecule has 0 aliphatic carbocycles. The molecule has 1 atom stereocenters. The number of aromatic nitrogens is 6. The smallest absolute Gasteiger partial charge is 0.255 e. The number of nitrogens with zero attached hydrogens (tertiary/aromatic N) is 7. The summed E-state index contributed by atoms with van der Waals surface area (Å²) < 4.78 is 12.5. The molecule has 0 radical (unpaired) electrons. The third kappa shape index (κ3) is 4.37. The second-order valence-electron chi connectivity index (χ2n) is 7.91. The van der Waals surface area contributed by atoms with Crippen LogP contribution in [0, 0.1) is 6.92 Å². The van der Waals surface area contributed by atoms with E-state index in [0.717, 1.165) is 11.1 Å². The molecule has 1 unspecified atom stereocenters. The first kappa shape index (κ1) is 21.0. The molecule has 10 heteroatoms. The van der Waals surface area contributed by atoms with Gasteiger partial charge in [-0.25, -0.2) is 15.0 Å². The molecule has 4 aromatic rings. The summed E-state index contributed by atoms with van der Waals surface area (Å²) in [5.41, 5.74) is 3.01. The first-order valence-electron chi connectivity index (χ1n) is 10.7. The van der Waals surface area contributed by atoms with Crippen LogP contribution in [-0.4, -0.2) is 56.0 Å². The van der Waals surface area contributed by atoms with Crippen molar-refractivity contribution in [3.63, 3.8) is 0 Å². The summed E-state index contributed by atoms with van der Waals surface area (Å²) in [6.07, 6.45) is 3.08. The average molecular weight is 445 g/mol. The van der Waals surface area contributed by atoms with Gasteiger partial charge < -0.3 is 14.2 Å². The first-order valence-corrected chi connectivity index (χ1v) is 10.7. The SMILES string of the molecule is Cc1nc(-c2ccc(C3COCCN(c4nc(-c5ccncn5)cc(=O)n4C)C3)cc2)no1. The molecule has 10 nitrogen and oxygen atoms in total. The molecule has 0 amide bonds. The van der Waals surface area contributed by atoms with Gasteiger partial charge in [-0.2, -0.15) is 4.98 Å². The summed E-state index contributed by atoms with van der Waals surface area (Å²) in [5, 5.41) is 3.98. The molecule has 3 aromatic heterocycles. The van der Waals surface area contributed by atoms with Crippen LogP contribution in [0.2, 0.25) is 0 Å². The van der Waals surface area contributed by atoms with Crippen molar-refractivity contribution in [1.82, 2.24) is 29.7 Å². The predicted molar refractivity (Wildman–Crippen MR) is 121 cm³/mol. The highest BCUT2D eigenvalue weighted by Crippen LogP contribution is 2.26. The van der Waals surface area contributed by atoms with Gasteiger partial charge in [0.05, 0.1) is 24.6 Å². The summed E-state index contributed by atoms with van der Waals surface area (Å²) >= 11 is 0. The second-order valence-corrected chi connectivity index (χ2v) is 7.91. The van der Waals surface area contributed by atoms with Crippen molar-refractivity contribution in [2.75, 3.05) is 31.2 Å². The summed E-state index contributed by atoms with van der Waals surface area (Å²) in [6.45, 7) is 4.18. The Balaban J connectivity index is 1.43. The van der Waals surface area contributed by atoms with E-state index in [1.165, 1.54) is 12.4 Å². The van der Waals surface area contributed by atoms with E-state index in [9.17, 15) is 4.79 Å². The van der Waals surface area contributed by atoms with E-state index in [4.69, 9.17) is 14.2 Å². The molecule has 0 bridgehead atoms. The van der Waals surface area contributed by atoms with Crippen LogP contribution in [-0.2, 0) is 11.8 Å². The number of benzene rings is 1. The van der Waals surface area contributed by atoms with E-state index in [0.29, 0.717) is 55.4 Å². The van der Waals surface area contributed by atoms with E-state index in [1.54, 1.807) is 30.8 Å². The van der Waals surface area contributed by atoms with Crippen LogP contribution >= 0.6 is 0 Å². The van der Waals surface area contributed by atoms with Gasteiger partial charge in [0, 0.05) is 50.8 Å². The van der Waals surface area contributed by atoms with Crippen LogP contribution in [0.4, 0.5) is 5.95 Å². The van der Waals surface area contributed by atoms with Crippen molar-refractivity contribution in [2.24, 2.45) is 7.05 Å². The highest BCUT2D eigenvalue weighted by atomic mass is 16.5. The lowest BCUT2D eigenvalue weighted by molar-refractivity contribution is 0.142. The molecule has 5 rings (SSSR count). The van der Waals surface area contributed by atoms with Crippen molar-refractivity contribution in [1.29, 1.82) is 0 Å². The summed E-state index contributed by atoms with van der Waals surface area (Å²) in [5.74, 6) is 1.79. The molecule has 1 aliphatic heterocycles. The largest absolute Gasteiger partial charge is 0.379 e. The summed E-state index contributed by atoms with van der Waals surface area (Å²) in [6, 6.07) is 11.3. The monoisotopic (exact) mass is 445 g/mol. The molecule has 33 heavy (non-hydrogen) atoms. The van der Waals surface area contributed by atoms with Gasteiger partial charge in [-0.1, -0.05) is 29.4 Å². The number of rotatable bonds is 4. The van der Waals surface area contributed by atoms with Crippen LogP contribution in [0.15, 0.2) is 58.2 Å². The molecule has 1 fully saturated rings. The van der Waals surface area contributed by atoms with Crippen LogP contribution in [0.25, 0.3) is 22.8 Å². The minimum Gasteiger partial charge on any atom is -0.379 e. The Labute approximate surface area is 189 Å². The number of aryl methyl sites for hydroxylation is 1. The van der Waals surface area contributed by atoms with Crippen molar-refractivity contribution in [3.05, 3.63) is 70.7 Å². The zero-order chi connectivity index (χ0) is 22.8. The first-order chi connectivity index (χ1) is 16.1. The predicted octanol–water partition coefficient (Wildman–Crippen LogP) is 2.22. The Morgan fingerprint density at radius 1 is 1.09 bits per heavy atom. The molecule has 1 saturated heterocycles. The maximum Gasteiger partial charge on any atom is 0.255 e. The lowest BCUT2D eigenvalue weighted by atomic mass is 9.98. The van der Waals surface area contributed by atoms with Gasteiger partial charge in [-0.05, 0) is 11.6 Å². The van der Waals surface area contributed by atoms with E-state index in [1.807, 2.05) is 12.1 Å². The highest BCUT2D eigenvalue weighted by Gasteiger charge is 2.24. The minimum absolute atomic E-state index is 0.105. The molecule has 1 aliphatic rings. The summed E-state index contributed by atoms with van der Waals surface area (Å²) in [7, 11) is 1.73. The molecular weight excluding hydrogens is 422 g/mol. The summed E-state index contributed by atoms with van der Waals surface area (Å²) in [4.78, 5) is 32.0. The van der Waals surface area contributed by atoms with E-state index in [2.05, 4.69) is 37.1 Å². The molecule has 4 heterocycles. The van der Waals surface area contributed by atoms with Gasteiger partial charge in [-0.15, -0.1) is 0 Å². The normalized spacial score (nSPS) is 16.5. The molecule has 1 aromatic carbocycles. The minimum atomic E-state index is -0.143. The fraction of sp³-hybridized carbons (Fsp3) is 0.304. The van der Waals surface area contributed by atoms with Crippen molar-refractivity contribution >= 4 is 5.95 Å². The van der Waals surface area contributed by atoms with E-state index in [-0.39, 0.29) is 11.5 Å². The standard InChI is InChI=1S/C23H23N7O3/c1-15-26-22(28-33-15)17-5-3-16(4-6-17)18-12-30(9-10-32-13-18)23-27-20(11-21(31)29(23)2)19-7-8-24-14-25-19/h3-8,11,14,18H,9-10,12-13H2,1-2H3. The van der Waals surface area contributed by atoms with Crippen molar-refractivity contribution < 1.29 is 9.26 Å². The number of anilines is 1. The van der Waals surface area contributed by atoms with Gasteiger partial charge in [0.25, 0.3) is 5.56 Å². The quantitative estimate of drug-likeness (QED) is 0.467. The van der Waals surface area contributed by atoms with E-state index >= 15 is 0 Å². The van der Waals surface area contributed by atoms with Crippen LogP contribution < -0.4 is 10.5 Å². The maximum atomic E-state index is 12.7. The third-order valence-corrected chi connectivity index (χ3v) is 5.67. The van der Waals surface area contributed by atoms with Crippen LogP contribution in [0.5, 0.6) is 0 Å². The fourth-order valence-corrected chi connectivity index (χ4v) is 3.90. The van der Waals surface area contributed by atoms with Gasteiger partial charge in [0.1, 0.15) is 6.33 Å². The molecular formula is C23H23N7O3. The lowest BCUT2D eigenvalue weighted by Gasteiger charge is -2.26.